The van der Waals surface area contributed by atoms with Crippen molar-refractivity contribution in [3.8, 4) is 0 Å². The van der Waals surface area contributed by atoms with E-state index in [4.69, 9.17) is 5.73 Å². The third-order valence-corrected chi connectivity index (χ3v) is 3.64. The van der Waals surface area contributed by atoms with E-state index in [0.29, 0.717) is 6.54 Å². The van der Waals surface area contributed by atoms with E-state index in [1.807, 2.05) is 0 Å². The Kier molecular flexibility index (Phi) is 6.14. The van der Waals surface area contributed by atoms with Gasteiger partial charge in [-0.3, -0.25) is 0 Å². The first-order valence-electron chi connectivity index (χ1n) is 6.41. The lowest BCUT2D eigenvalue weighted by atomic mass is 10.1. The first-order valence-corrected chi connectivity index (χ1v) is 6.41. The summed E-state index contributed by atoms with van der Waals surface area (Å²) in [7, 11) is 0. The molecule has 1 aromatic heterocycles. The van der Waals surface area contributed by atoms with Gasteiger partial charge in [0.05, 0.1) is 0 Å². The average Bonchev–Trinajstić information content (AvgIpc) is 2.55. The molecule has 1 aliphatic rings. The molecule has 3 N–H and O–H groups in total. The molecule has 2 aromatic rings. The Morgan fingerprint density at radius 1 is 1.11 bits per heavy atom. The van der Waals surface area contributed by atoms with E-state index in [1.54, 1.807) is 0 Å². The molecule has 0 amide bonds. The van der Waals surface area contributed by atoms with Crippen LogP contribution in [0.5, 0.6) is 0 Å². The summed E-state index contributed by atoms with van der Waals surface area (Å²) >= 11 is 0. The molecule has 19 heavy (non-hydrogen) atoms. The number of nitrogens with one attached hydrogen (secondary N) is 1. The first-order chi connectivity index (χ1) is 8.42. The third kappa shape index (κ3) is 2.90. The van der Waals surface area contributed by atoms with Gasteiger partial charge in [0.1, 0.15) is 0 Å². The van der Waals surface area contributed by atoms with E-state index >= 15 is 0 Å². The zero-order chi connectivity index (χ0) is 11.7. The molecule has 0 saturated heterocycles. The van der Waals surface area contributed by atoms with E-state index in [-0.39, 0.29) is 24.8 Å². The molecule has 0 bridgehead atoms. The molecule has 1 aromatic carbocycles. The number of hydrogen-bond acceptors (Lipinski definition) is 2. The molecule has 0 fully saturated rings. The van der Waals surface area contributed by atoms with Gasteiger partial charge in [-0.05, 0) is 24.6 Å². The molecule has 3 rings (SSSR count). The number of fused-ring (bicyclic) bond motifs is 3. The lowest BCUT2D eigenvalue weighted by Gasteiger charge is -2.09. The summed E-state index contributed by atoms with van der Waals surface area (Å²) < 4.78 is 2.41. The van der Waals surface area contributed by atoms with Crippen LogP contribution < -0.4 is 11.1 Å². The average molecular weight is 302 g/mol. The van der Waals surface area contributed by atoms with Crippen LogP contribution in [0.4, 0.5) is 0 Å². The van der Waals surface area contributed by atoms with E-state index < -0.39 is 0 Å². The van der Waals surface area contributed by atoms with Crippen molar-refractivity contribution in [2.45, 2.75) is 19.4 Å². The maximum atomic E-state index is 5.75. The Hall–Kier alpha value is -0.740. The molecule has 2 heterocycles. The number of hydrogen-bond donors (Lipinski definition) is 2. The maximum absolute atomic E-state index is 5.75. The van der Waals surface area contributed by atoms with Gasteiger partial charge in [-0.2, -0.15) is 0 Å². The quantitative estimate of drug-likeness (QED) is 0.892. The summed E-state index contributed by atoms with van der Waals surface area (Å²) in [6, 6.07) is 8.71. The lowest BCUT2D eigenvalue weighted by Crippen LogP contribution is -2.18. The fourth-order valence-electron chi connectivity index (χ4n) is 2.92. The van der Waals surface area contributed by atoms with Gasteiger partial charge in [0, 0.05) is 42.7 Å². The third-order valence-electron chi connectivity index (χ3n) is 3.64. The van der Waals surface area contributed by atoms with Crippen molar-refractivity contribution in [2.24, 2.45) is 5.73 Å². The second kappa shape index (κ2) is 7.15. The fourth-order valence-corrected chi connectivity index (χ4v) is 2.92. The van der Waals surface area contributed by atoms with Crippen LogP contribution in [0.15, 0.2) is 24.3 Å². The monoisotopic (exact) mass is 301 g/mol. The highest BCUT2D eigenvalue weighted by molar-refractivity contribution is 5.86. The van der Waals surface area contributed by atoms with Crippen molar-refractivity contribution in [2.75, 3.05) is 19.6 Å². The molecular formula is C14H21Cl2N3. The van der Waals surface area contributed by atoms with Gasteiger partial charge in [-0.25, -0.2) is 0 Å². The van der Waals surface area contributed by atoms with Crippen LogP contribution >= 0.6 is 24.8 Å². The molecule has 0 saturated carbocycles. The zero-order valence-corrected chi connectivity index (χ0v) is 12.5. The van der Waals surface area contributed by atoms with Crippen molar-refractivity contribution < 1.29 is 0 Å². The summed E-state index contributed by atoms with van der Waals surface area (Å²) in [5.74, 6) is 0. The summed E-state index contributed by atoms with van der Waals surface area (Å²) in [6.07, 6.45) is 2.25. The molecule has 1 aliphatic heterocycles. The molecule has 0 aliphatic carbocycles. The van der Waals surface area contributed by atoms with Crippen LogP contribution in [0, 0.1) is 0 Å². The van der Waals surface area contributed by atoms with Gasteiger partial charge in [-0.15, -0.1) is 24.8 Å². The zero-order valence-electron chi connectivity index (χ0n) is 10.9. The van der Waals surface area contributed by atoms with Crippen LogP contribution in [0.3, 0.4) is 0 Å². The van der Waals surface area contributed by atoms with Gasteiger partial charge in [0.15, 0.2) is 0 Å². The van der Waals surface area contributed by atoms with E-state index in [1.165, 1.54) is 22.2 Å². The topological polar surface area (TPSA) is 43.0 Å². The fraction of sp³-hybridized carbons (Fsp3) is 0.429. The van der Waals surface area contributed by atoms with Crippen molar-refractivity contribution in [3.63, 3.8) is 0 Å². The highest BCUT2D eigenvalue weighted by Crippen LogP contribution is 2.27. The number of nitrogens with zero attached hydrogens (tertiary/aromatic N) is 1. The molecule has 3 nitrogen and oxygen atoms in total. The molecule has 106 valence electrons. The summed E-state index contributed by atoms with van der Waals surface area (Å²) in [5.41, 5.74) is 10.1. The van der Waals surface area contributed by atoms with E-state index in [9.17, 15) is 0 Å². The maximum Gasteiger partial charge on any atom is 0.0485 e. The predicted molar refractivity (Wildman–Crippen MR) is 85.8 cm³/mol. The highest BCUT2D eigenvalue weighted by atomic mass is 35.5. The molecular weight excluding hydrogens is 281 g/mol. The Morgan fingerprint density at radius 2 is 1.84 bits per heavy atom. The number of halogens is 2. The molecule has 0 radical (unpaired) electrons. The van der Waals surface area contributed by atoms with Crippen LogP contribution in [0.25, 0.3) is 10.9 Å². The van der Waals surface area contributed by atoms with Gasteiger partial charge < -0.3 is 15.6 Å². The normalized spacial score (nSPS) is 14.2. The lowest BCUT2D eigenvalue weighted by molar-refractivity contribution is 0.666. The van der Waals surface area contributed by atoms with Crippen molar-refractivity contribution in [3.05, 3.63) is 35.5 Å². The van der Waals surface area contributed by atoms with Crippen LogP contribution in [-0.4, -0.2) is 24.2 Å². The van der Waals surface area contributed by atoms with Gasteiger partial charge in [0.2, 0.25) is 0 Å². The number of para-hydroxylation sites is 1. The van der Waals surface area contributed by atoms with Crippen molar-refractivity contribution >= 4 is 35.7 Å². The van der Waals surface area contributed by atoms with Gasteiger partial charge in [-0.1, -0.05) is 18.2 Å². The Bertz CT molecular complexity index is 522. The predicted octanol–water partition coefficient (Wildman–Crippen LogP) is 2.13. The first kappa shape index (κ1) is 16.3. The summed E-state index contributed by atoms with van der Waals surface area (Å²) in [5, 5.41) is 4.89. The minimum atomic E-state index is 0. The second-order valence-electron chi connectivity index (χ2n) is 4.63. The van der Waals surface area contributed by atoms with Crippen LogP contribution in [0.1, 0.15) is 11.3 Å². The Balaban J connectivity index is 0.000000902. The van der Waals surface area contributed by atoms with Crippen LogP contribution in [-0.2, 0) is 19.4 Å². The highest BCUT2D eigenvalue weighted by Gasteiger charge is 2.17. The van der Waals surface area contributed by atoms with E-state index in [0.717, 1.165) is 32.5 Å². The number of benzene rings is 1. The SMILES string of the molecule is Cl.Cl.NCCn1c2c(c3ccccc31)CCNCC2. The smallest absolute Gasteiger partial charge is 0.0485 e. The van der Waals surface area contributed by atoms with Crippen molar-refractivity contribution in [1.29, 1.82) is 0 Å². The molecule has 5 heteroatoms. The minimum Gasteiger partial charge on any atom is -0.343 e. The molecule has 0 unspecified atom stereocenters. The van der Waals surface area contributed by atoms with Gasteiger partial charge in [0.25, 0.3) is 0 Å². The Morgan fingerprint density at radius 3 is 2.63 bits per heavy atom. The minimum absolute atomic E-state index is 0. The van der Waals surface area contributed by atoms with E-state index in [2.05, 4.69) is 34.1 Å². The largest absolute Gasteiger partial charge is 0.343 e. The second-order valence-corrected chi connectivity index (χ2v) is 4.63. The number of rotatable bonds is 2. The number of aromatic nitrogens is 1. The van der Waals surface area contributed by atoms with Crippen LogP contribution in [0.2, 0.25) is 0 Å². The molecule has 0 spiro atoms. The van der Waals surface area contributed by atoms with Crippen molar-refractivity contribution in [1.82, 2.24) is 9.88 Å². The van der Waals surface area contributed by atoms with Gasteiger partial charge >= 0.3 is 0 Å². The molecule has 0 atom stereocenters. The standard InChI is InChI=1S/C14H19N3.2ClH/c15-7-10-17-13-4-2-1-3-11(13)12-5-8-16-9-6-14(12)17;;/h1-4,16H,5-10,15H2;2*1H. The number of nitrogens with two attached hydrogens (primary N) is 1. The Labute approximate surface area is 126 Å². The summed E-state index contributed by atoms with van der Waals surface area (Å²) in [4.78, 5) is 0. The summed E-state index contributed by atoms with van der Waals surface area (Å²) in [6.45, 7) is 3.80.